The summed E-state index contributed by atoms with van der Waals surface area (Å²) in [6, 6.07) is 8.61. The molecule has 6 nitrogen and oxygen atoms in total. The molecule has 3 aromatic rings. The third-order valence-electron chi connectivity index (χ3n) is 5.33. The van der Waals surface area contributed by atoms with Crippen molar-refractivity contribution in [3.05, 3.63) is 64.2 Å². The topological polar surface area (TPSA) is 59.7 Å². The van der Waals surface area contributed by atoms with Gasteiger partial charge in [-0.3, -0.25) is 9.36 Å². The van der Waals surface area contributed by atoms with Crippen LogP contribution < -0.4 is 10.6 Å². The molecule has 2 heterocycles. The lowest BCUT2D eigenvalue weighted by Gasteiger charge is -2.17. The van der Waals surface area contributed by atoms with E-state index in [4.69, 9.17) is 17.3 Å². The van der Waals surface area contributed by atoms with Crippen molar-refractivity contribution in [3.63, 3.8) is 0 Å². The van der Waals surface area contributed by atoms with E-state index < -0.39 is 0 Å². The van der Waals surface area contributed by atoms with Gasteiger partial charge in [0.2, 0.25) is 0 Å². The van der Waals surface area contributed by atoms with Crippen molar-refractivity contribution >= 4 is 23.0 Å². The van der Waals surface area contributed by atoms with Crippen LogP contribution in [-0.4, -0.2) is 24.7 Å². The Morgan fingerprint density at radius 3 is 2.38 bits per heavy atom. The standard InChI is InChI=1S/C22H30N6S/c1-7-27-17(5)20(12-23-27)15(3)24-22(29)25-21-16(4)26-28(18(21)6)13-19-10-8-14(2)9-11-19/h8-12,15H,7,13H2,1-6H3,(H2,24,25,29). The Morgan fingerprint density at radius 1 is 1.07 bits per heavy atom. The molecule has 0 aliphatic heterocycles. The number of aromatic nitrogens is 4. The summed E-state index contributed by atoms with van der Waals surface area (Å²) in [5.74, 6) is 0. The van der Waals surface area contributed by atoms with Crippen molar-refractivity contribution in [2.24, 2.45) is 0 Å². The van der Waals surface area contributed by atoms with Crippen LogP contribution in [0.4, 0.5) is 5.69 Å². The van der Waals surface area contributed by atoms with Crippen LogP contribution in [0.5, 0.6) is 0 Å². The molecule has 0 amide bonds. The van der Waals surface area contributed by atoms with E-state index in [-0.39, 0.29) is 6.04 Å². The summed E-state index contributed by atoms with van der Waals surface area (Å²) in [7, 11) is 0. The largest absolute Gasteiger partial charge is 0.356 e. The fraction of sp³-hybridized carbons (Fsp3) is 0.409. The molecule has 29 heavy (non-hydrogen) atoms. The number of benzene rings is 1. The van der Waals surface area contributed by atoms with E-state index in [9.17, 15) is 0 Å². The number of hydrogen-bond donors (Lipinski definition) is 2. The number of aryl methyl sites for hydroxylation is 3. The molecule has 0 aliphatic rings. The molecule has 1 aromatic carbocycles. The average molecular weight is 411 g/mol. The lowest BCUT2D eigenvalue weighted by atomic mass is 10.1. The van der Waals surface area contributed by atoms with Gasteiger partial charge < -0.3 is 10.6 Å². The predicted octanol–water partition coefficient (Wildman–Crippen LogP) is 4.43. The zero-order chi connectivity index (χ0) is 21.1. The number of anilines is 1. The molecule has 0 saturated heterocycles. The zero-order valence-corrected chi connectivity index (χ0v) is 18.9. The summed E-state index contributed by atoms with van der Waals surface area (Å²) in [5.41, 5.74) is 7.76. The van der Waals surface area contributed by atoms with Crippen molar-refractivity contribution in [1.82, 2.24) is 24.9 Å². The molecule has 7 heteroatoms. The van der Waals surface area contributed by atoms with Gasteiger partial charge in [-0.05, 0) is 59.3 Å². The van der Waals surface area contributed by atoms with Crippen LogP contribution in [0.15, 0.2) is 30.5 Å². The Kier molecular flexibility index (Phi) is 6.37. The Labute approximate surface area is 178 Å². The van der Waals surface area contributed by atoms with Crippen LogP contribution in [0.1, 0.15) is 53.7 Å². The van der Waals surface area contributed by atoms with Gasteiger partial charge in [-0.25, -0.2) is 0 Å². The van der Waals surface area contributed by atoms with Crippen LogP contribution in [-0.2, 0) is 13.1 Å². The van der Waals surface area contributed by atoms with E-state index in [1.54, 1.807) is 0 Å². The van der Waals surface area contributed by atoms with E-state index in [1.165, 1.54) is 11.1 Å². The monoisotopic (exact) mass is 410 g/mol. The SMILES string of the molecule is CCn1ncc(C(C)NC(=S)Nc2c(C)nn(Cc3ccc(C)cc3)c2C)c1C. The van der Waals surface area contributed by atoms with Gasteiger partial charge in [0.25, 0.3) is 0 Å². The van der Waals surface area contributed by atoms with Gasteiger partial charge in [-0.1, -0.05) is 29.8 Å². The third kappa shape index (κ3) is 4.67. The van der Waals surface area contributed by atoms with Gasteiger partial charge in [-0.15, -0.1) is 0 Å². The Hall–Kier alpha value is -2.67. The lowest BCUT2D eigenvalue weighted by Crippen LogP contribution is -2.31. The fourth-order valence-electron chi connectivity index (χ4n) is 3.53. The van der Waals surface area contributed by atoms with Gasteiger partial charge in [-0.2, -0.15) is 10.2 Å². The molecule has 0 bridgehead atoms. The normalized spacial score (nSPS) is 12.1. The highest BCUT2D eigenvalue weighted by Gasteiger charge is 2.16. The molecule has 2 N–H and O–H groups in total. The average Bonchev–Trinajstić information content (AvgIpc) is 3.18. The maximum absolute atomic E-state index is 5.58. The summed E-state index contributed by atoms with van der Waals surface area (Å²) in [6.07, 6.45) is 1.91. The Bertz CT molecular complexity index is 999. The Morgan fingerprint density at radius 2 is 1.76 bits per heavy atom. The van der Waals surface area contributed by atoms with Crippen LogP contribution in [0.3, 0.4) is 0 Å². The molecular weight excluding hydrogens is 380 g/mol. The maximum Gasteiger partial charge on any atom is 0.171 e. The predicted molar refractivity (Wildman–Crippen MR) is 122 cm³/mol. The highest BCUT2D eigenvalue weighted by molar-refractivity contribution is 7.80. The quantitative estimate of drug-likeness (QED) is 0.589. The van der Waals surface area contributed by atoms with Crippen LogP contribution in [0.25, 0.3) is 0 Å². The number of nitrogens with one attached hydrogen (secondary N) is 2. The second-order valence-electron chi connectivity index (χ2n) is 7.51. The molecule has 0 spiro atoms. The van der Waals surface area contributed by atoms with Crippen molar-refractivity contribution < 1.29 is 0 Å². The minimum atomic E-state index is 0.0681. The van der Waals surface area contributed by atoms with Gasteiger partial charge in [0, 0.05) is 17.8 Å². The summed E-state index contributed by atoms with van der Waals surface area (Å²) < 4.78 is 4.01. The number of thiocarbonyl (C=S) groups is 1. The van der Waals surface area contributed by atoms with E-state index in [0.29, 0.717) is 5.11 Å². The van der Waals surface area contributed by atoms with Crippen molar-refractivity contribution in [2.75, 3.05) is 5.32 Å². The minimum Gasteiger partial charge on any atom is -0.356 e. The molecule has 0 saturated carbocycles. The number of rotatable bonds is 6. The van der Waals surface area contributed by atoms with E-state index >= 15 is 0 Å². The van der Waals surface area contributed by atoms with Crippen LogP contribution in [0.2, 0.25) is 0 Å². The summed E-state index contributed by atoms with van der Waals surface area (Å²) in [6.45, 7) is 14.0. The maximum atomic E-state index is 5.58. The van der Waals surface area contributed by atoms with E-state index in [1.807, 2.05) is 22.5 Å². The molecule has 0 aliphatic carbocycles. The second-order valence-corrected chi connectivity index (χ2v) is 7.92. The first-order chi connectivity index (χ1) is 13.8. The third-order valence-corrected chi connectivity index (χ3v) is 5.55. The first-order valence-corrected chi connectivity index (χ1v) is 10.4. The highest BCUT2D eigenvalue weighted by atomic mass is 32.1. The van der Waals surface area contributed by atoms with Crippen LogP contribution >= 0.6 is 12.2 Å². The van der Waals surface area contributed by atoms with E-state index in [2.05, 4.69) is 74.6 Å². The number of hydrogen-bond acceptors (Lipinski definition) is 3. The second kappa shape index (κ2) is 8.78. The number of nitrogens with zero attached hydrogens (tertiary/aromatic N) is 4. The molecule has 0 fully saturated rings. The van der Waals surface area contributed by atoms with Gasteiger partial charge in [0.05, 0.1) is 35.9 Å². The van der Waals surface area contributed by atoms with Crippen molar-refractivity contribution in [1.29, 1.82) is 0 Å². The van der Waals surface area contributed by atoms with E-state index in [0.717, 1.165) is 41.4 Å². The molecule has 154 valence electrons. The molecule has 2 aromatic heterocycles. The molecular formula is C22H30N6S. The first-order valence-electron chi connectivity index (χ1n) is 9.99. The minimum absolute atomic E-state index is 0.0681. The summed E-state index contributed by atoms with van der Waals surface area (Å²) in [5, 5.41) is 16.4. The first kappa shape index (κ1) is 21.0. The zero-order valence-electron chi connectivity index (χ0n) is 18.1. The van der Waals surface area contributed by atoms with Gasteiger partial charge in [0.15, 0.2) is 5.11 Å². The molecule has 3 rings (SSSR count). The fourth-order valence-corrected chi connectivity index (χ4v) is 3.81. The lowest BCUT2D eigenvalue weighted by molar-refractivity contribution is 0.633. The van der Waals surface area contributed by atoms with Gasteiger partial charge in [0.1, 0.15) is 0 Å². The highest BCUT2D eigenvalue weighted by Crippen LogP contribution is 2.22. The van der Waals surface area contributed by atoms with Crippen molar-refractivity contribution in [2.45, 2.75) is 60.7 Å². The van der Waals surface area contributed by atoms with Crippen molar-refractivity contribution in [3.8, 4) is 0 Å². The summed E-state index contributed by atoms with van der Waals surface area (Å²) in [4.78, 5) is 0. The summed E-state index contributed by atoms with van der Waals surface area (Å²) >= 11 is 5.58. The molecule has 0 radical (unpaired) electrons. The smallest absolute Gasteiger partial charge is 0.171 e. The molecule has 1 atom stereocenters. The van der Waals surface area contributed by atoms with Gasteiger partial charge >= 0.3 is 0 Å². The van der Waals surface area contributed by atoms with Crippen LogP contribution in [0, 0.1) is 27.7 Å². The Balaban J connectivity index is 1.69. The molecule has 1 unspecified atom stereocenters.